The van der Waals surface area contributed by atoms with Gasteiger partial charge in [0.2, 0.25) is 0 Å². The van der Waals surface area contributed by atoms with Crippen LogP contribution in [0.3, 0.4) is 0 Å². The molecule has 0 aromatic rings. The average molecular weight is 182 g/mol. The third-order valence-corrected chi connectivity index (χ3v) is 3.52. The van der Waals surface area contributed by atoms with Gasteiger partial charge in [-0.1, -0.05) is 6.92 Å². The molecule has 0 atom stereocenters. The van der Waals surface area contributed by atoms with Crippen LogP contribution in [0.25, 0.3) is 0 Å². The molecule has 2 nitrogen and oxygen atoms in total. The lowest BCUT2D eigenvalue weighted by Crippen LogP contribution is -2.52. The largest absolute Gasteiger partial charge is 0.353 e. The minimum absolute atomic E-state index is 0.0500. The number of likely N-dealkylation sites (N-methyl/N-ethyl adjacent to an activating group) is 1. The van der Waals surface area contributed by atoms with Crippen molar-refractivity contribution in [2.24, 2.45) is 4.99 Å². The smallest absolute Gasteiger partial charge is 0.0999 e. The molecule has 0 aromatic heterocycles. The summed E-state index contributed by atoms with van der Waals surface area (Å²) < 4.78 is 0. The van der Waals surface area contributed by atoms with Crippen LogP contribution >= 0.6 is 0 Å². The van der Waals surface area contributed by atoms with Crippen LogP contribution in [0.5, 0.6) is 0 Å². The Morgan fingerprint density at radius 1 is 1.15 bits per heavy atom. The first kappa shape index (κ1) is 10.6. The second-order valence-corrected chi connectivity index (χ2v) is 4.74. The Labute approximate surface area is 82.0 Å². The Morgan fingerprint density at radius 3 is 2.00 bits per heavy atom. The van der Waals surface area contributed by atoms with E-state index in [2.05, 4.69) is 46.4 Å². The molecule has 0 spiro atoms. The van der Waals surface area contributed by atoms with E-state index >= 15 is 0 Å². The summed E-state index contributed by atoms with van der Waals surface area (Å²) >= 11 is 0. The van der Waals surface area contributed by atoms with E-state index in [1.165, 1.54) is 5.84 Å². The van der Waals surface area contributed by atoms with Crippen molar-refractivity contribution >= 4 is 5.84 Å². The van der Waals surface area contributed by atoms with Crippen LogP contribution in [0.1, 0.15) is 48.0 Å². The van der Waals surface area contributed by atoms with E-state index in [1.54, 1.807) is 0 Å². The lowest BCUT2D eigenvalue weighted by Gasteiger charge is -2.41. The minimum atomic E-state index is 0.0500. The van der Waals surface area contributed by atoms with E-state index in [4.69, 9.17) is 4.99 Å². The van der Waals surface area contributed by atoms with Gasteiger partial charge in [-0.25, -0.2) is 0 Å². The Balaban J connectivity index is 3.04. The second-order valence-electron chi connectivity index (χ2n) is 4.74. The van der Waals surface area contributed by atoms with E-state index in [-0.39, 0.29) is 11.1 Å². The van der Waals surface area contributed by atoms with E-state index in [9.17, 15) is 0 Å². The predicted octanol–water partition coefficient (Wildman–Crippen LogP) is 2.69. The maximum atomic E-state index is 4.79. The van der Waals surface area contributed by atoms with Gasteiger partial charge in [0.1, 0.15) is 0 Å². The van der Waals surface area contributed by atoms with Gasteiger partial charge in [0.05, 0.1) is 16.9 Å². The third kappa shape index (κ3) is 1.36. The highest BCUT2D eigenvalue weighted by Gasteiger charge is 2.47. The molecule has 1 heterocycles. The van der Waals surface area contributed by atoms with E-state index in [0.29, 0.717) is 0 Å². The van der Waals surface area contributed by atoms with Crippen molar-refractivity contribution in [1.82, 2.24) is 4.90 Å². The highest BCUT2D eigenvalue weighted by Crippen LogP contribution is 2.37. The lowest BCUT2D eigenvalue weighted by molar-refractivity contribution is 0.164. The van der Waals surface area contributed by atoms with Gasteiger partial charge >= 0.3 is 0 Å². The van der Waals surface area contributed by atoms with Crippen LogP contribution in [0.4, 0.5) is 0 Å². The Kier molecular flexibility index (Phi) is 2.44. The summed E-state index contributed by atoms with van der Waals surface area (Å²) in [5.41, 5.74) is 0.210. The Hall–Kier alpha value is -0.530. The summed E-state index contributed by atoms with van der Waals surface area (Å²) in [4.78, 5) is 7.21. The summed E-state index contributed by atoms with van der Waals surface area (Å²) in [7, 11) is 0. The molecule has 0 saturated carbocycles. The summed E-state index contributed by atoms with van der Waals surface area (Å²) in [6.45, 7) is 14.4. The zero-order chi connectivity index (χ0) is 10.3. The minimum Gasteiger partial charge on any atom is -0.353 e. The monoisotopic (exact) mass is 182 g/mol. The highest BCUT2D eigenvalue weighted by atomic mass is 15.3. The average Bonchev–Trinajstić information content (AvgIpc) is 2.19. The molecule has 1 rings (SSSR count). The van der Waals surface area contributed by atoms with Gasteiger partial charge in [-0.15, -0.1) is 0 Å². The molecular formula is C11H22N2. The van der Waals surface area contributed by atoms with Gasteiger partial charge in [-0.2, -0.15) is 0 Å². The molecule has 76 valence electrons. The van der Waals surface area contributed by atoms with Crippen LogP contribution in [0, 0.1) is 0 Å². The summed E-state index contributed by atoms with van der Waals surface area (Å²) in [5, 5.41) is 0. The van der Waals surface area contributed by atoms with Crippen molar-refractivity contribution in [3.8, 4) is 0 Å². The Morgan fingerprint density at radius 2 is 1.69 bits per heavy atom. The normalized spacial score (nSPS) is 24.8. The van der Waals surface area contributed by atoms with Crippen LogP contribution in [0.2, 0.25) is 0 Å². The van der Waals surface area contributed by atoms with Gasteiger partial charge in [0.15, 0.2) is 0 Å². The molecule has 0 radical (unpaired) electrons. The zero-order valence-corrected chi connectivity index (χ0v) is 9.81. The Bertz CT molecular complexity index is 226. The van der Waals surface area contributed by atoms with Crippen molar-refractivity contribution in [3.05, 3.63) is 0 Å². The number of hydrogen-bond donors (Lipinski definition) is 0. The molecule has 0 fully saturated rings. The van der Waals surface area contributed by atoms with E-state index < -0.39 is 0 Å². The third-order valence-electron chi connectivity index (χ3n) is 3.52. The number of nitrogens with zero attached hydrogens (tertiary/aromatic N) is 2. The molecule has 1 aliphatic heterocycles. The predicted molar refractivity (Wildman–Crippen MR) is 58.3 cm³/mol. The number of rotatable bonds is 2. The van der Waals surface area contributed by atoms with Gasteiger partial charge in [0.25, 0.3) is 0 Å². The van der Waals surface area contributed by atoms with Gasteiger partial charge in [-0.3, -0.25) is 4.99 Å². The van der Waals surface area contributed by atoms with E-state index in [0.717, 1.165) is 13.0 Å². The van der Waals surface area contributed by atoms with Crippen LogP contribution in [-0.2, 0) is 0 Å². The molecule has 1 aliphatic rings. The molecular weight excluding hydrogens is 160 g/mol. The number of aliphatic imine (C=N–C) groups is 1. The lowest BCUT2D eigenvalue weighted by atomic mass is 9.83. The standard InChI is InChI=1S/C11H22N2/c1-7-9-12-10(3,4)11(5,6)13(9)8-2/h7-8H2,1-6H3. The molecule has 2 heteroatoms. The van der Waals surface area contributed by atoms with Crippen LogP contribution in [0.15, 0.2) is 4.99 Å². The first-order valence-corrected chi connectivity index (χ1v) is 5.23. The van der Waals surface area contributed by atoms with Gasteiger partial charge in [0, 0.05) is 13.0 Å². The molecule has 0 bridgehead atoms. The fourth-order valence-electron chi connectivity index (χ4n) is 2.02. The van der Waals surface area contributed by atoms with Crippen molar-refractivity contribution < 1.29 is 0 Å². The molecule has 13 heavy (non-hydrogen) atoms. The topological polar surface area (TPSA) is 15.6 Å². The summed E-state index contributed by atoms with van der Waals surface area (Å²) in [6, 6.07) is 0. The van der Waals surface area contributed by atoms with E-state index in [1.807, 2.05) is 0 Å². The summed E-state index contributed by atoms with van der Waals surface area (Å²) in [5.74, 6) is 1.26. The molecule has 0 amide bonds. The fourth-order valence-corrected chi connectivity index (χ4v) is 2.02. The summed E-state index contributed by atoms with van der Waals surface area (Å²) in [6.07, 6.45) is 1.04. The first-order chi connectivity index (χ1) is 5.86. The SMILES string of the molecule is CCC1=NC(C)(C)C(C)(C)N1CC. The van der Waals surface area contributed by atoms with Crippen molar-refractivity contribution in [2.75, 3.05) is 6.54 Å². The number of amidine groups is 1. The molecule has 0 N–H and O–H groups in total. The van der Waals surface area contributed by atoms with Crippen LogP contribution < -0.4 is 0 Å². The first-order valence-electron chi connectivity index (χ1n) is 5.23. The van der Waals surface area contributed by atoms with Crippen LogP contribution in [-0.4, -0.2) is 28.4 Å². The maximum absolute atomic E-state index is 4.79. The highest BCUT2D eigenvalue weighted by molar-refractivity contribution is 5.85. The van der Waals surface area contributed by atoms with Crippen molar-refractivity contribution in [2.45, 2.75) is 59.0 Å². The second kappa shape index (κ2) is 3.00. The molecule has 0 aromatic carbocycles. The number of hydrogen-bond acceptors (Lipinski definition) is 2. The fraction of sp³-hybridized carbons (Fsp3) is 0.909. The quantitative estimate of drug-likeness (QED) is 0.641. The van der Waals surface area contributed by atoms with Gasteiger partial charge in [-0.05, 0) is 34.6 Å². The molecule has 0 unspecified atom stereocenters. The van der Waals surface area contributed by atoms with Crippen molar-refractivity contribution in [1.29, 1.82) is 0 Å². The van der Waals surface area contributed by atoms with Gasteiger partial charge < -0.3 is 4.90 Å². The zero-order valence-electron chi connectivity index (χ0n) is 9.81. The molecule has 0 saturated heterocycles. The van der Waals surface area contributed by atoms with Crippen molar-refractivity contribution in [3.63, 3.8) is 0 Å². The molecule has 0 aliphatic carbocycles. The maximum Gasteiger partial charge on any atom is 0.0999 e.